The van der Waals surface area contributed by atoms with Gasteiger partial charge in [-0.1, -0.05) is 73.9 Å². The Morgan fingerprint density at radius 1 is 0.878 bits per heavy atom. The first-order chi connectivity index (χ1) is 19.7. The molecule has 0 bridgehead atoms. The molecule has 1 atom stereocenters. The van der Waals surface area contributed by atoms with E-state index in [1.165, 1.54) is 27.8 Å². The zero-order chi connectivity index (χ0) is 29.4. The van der Waals surface area contributed by atoms with Crippen LogP contribution in [0.2, 0.25) is 0 Å². The highest BCUT2D eigenvalue weighted by Crippen LogP contribution is 2.26. The number of hydrogen-bond acceptors (Lipinski definition) is 4. The molecular formula is C33H41N3O4S. The van der Waals surface area contributed by atoms with Crippen molar-refractivity contribution in [2.45, 2.75) is 76.3 Å². The van der Waals surface area contributed by atoms with Crippen LogP contribution in [0.5, 0.6) is 0 Å². The molecule has 41 heavy (non-hydrogen) atoms. The van der Waals surface area contributed by atoms with E-state index in [0.717, 1.165) is 42.4 Å². The number of carbonyl (C=O) groups is 2. The summed E-state index contributed by atoms with van der Waals surface area (Å²) in [5.41, 5.74) is 3.39. The van der Waals surface area contributed by atoms with Crippen molar-refractivity contribution in [3.63, 3.8) is 0 Å². The Balaban J connectivity index is 1.64. The van der Waals surface area contributed by atoms with Crippen LogP contribution in [0.1, 0.15) is 55.7 Å². The molecule has 1 N–H and O–H groups in total. The molecule has 1 fully saturated rings. The predicted molar refractivity (Wildman–Crippen MR) is 163 cm³/mol. The highest BCUT2D eigenvalue weighted by atomic mass is 32.2. The van der Waals surface area contributed by atoms with Crippen LogP contribution in [-0.4, -0.2) is 50.3 Å². The number of carbonyl (C=O) groups excluding carboxylic acids is 2. The van der Waals surface area contributed by atoms with E-state index >= 15 is 0 Å². The zero-order valence-corrected chi connectivity index (χ0v) is 25.1. The molecule has 0 radical (unpaired) electrons. The summed E-state index contributed by atoms with van der Waals surface area (Å²) in [6.45, 7) is 5.47. The third-order valence-corrected chi connectivity index (χ3v) is 9.78. The quantitative estimate of drug-likeness (QED) is 0.331. The molecule has 0 spiro atoms. The van der Waals surface area contributed by atoms with Gasteiger partial charge in [0.05, 0.1) is 10.6 Å². The highest BCUT2D eigenvalue weighted by Gasteiger charge is 2.33. The second kappa shape index (κ2) is 13.8. The van der Waals surface area contributed by atoms with E-state index < -0.39 is 28.5 Å². The predicted octanol–water partition coefficient (Wildman–Crippen LogP) is 5.41. The van der Waals surface area contributed by atoms with Crippen LogP contribution in [-0.2, 0) is 26.0 Å². The maximum Gasteiger partial charge on any atom is 0.264 e. The van der Waals surface area contributed by atoms with Gasteiger partial charge in [-0.15, -0.1) is 0 Å². The van der Waals surface area contributed by atoms with Crippen LogP contribution in [0.3, 0.4) is 0 Å². The van der Waals surface area contributed by atoms with Crippen LogP contribution >= 0.6 is 0 Å². The van der Waals surface area contributed by atoms with E-state index in [2.05, 4.69) is 5.32 Å². The lowest BCUT2D eigenvalue weighted by Gasteiger charge is -2.33. The van der Waals surface area contributed by atoms with E-state index in [1.54, 1.807) is 37.3 Å². The van der Waals surface area contributed by atoms with Crippen molar-refractivity contribution in [1.82, 2.24) is 10.2 Å². The first-order valence-electron chi connectivity index (χ1n) is 14.5. The fraction of sp³-hybridized carbons (Fsp3) is 0.394. The largest absolute Gasteiger partial charge is 0.352 e. The minimum Gasteiger partial charge on any atom is -0.352 e. The average Bonchev–Trinajstić information content (AvgIpc) is 2.98. The highest BCUT2D eigenvalue weighted by molar-refractivity contribution is 7.92. The molecule has 8 heteroatoms. The molecule has 2 amide bonds. The number of rotatable bonds is 11. The van der Waals surface area contributed by atoms with Crippen LogP contribution in [0.15, 0.2) is 83.8 Å². The number of sulfonamides is 1. The number of nitrogens with zero attached hydrogens (tertiary/aromatic N) is 2. The number of nitrogens with one attached hydrogen (secondary N) is 1. The summed E-state index contributed by atoms with van der Waals surface area (Å²) in [7, 11) is -4.06. The fourth-order valence-corrected chi connectivity index (χ4v) is 6.70. The summed E-state index contributed by atoms with van der Waals surface area (Å²) in [6.07, 6.45) is 5.76. The molecule has 218 valence electrons. The lowest BCUT2D eigenvalue weighted by atomic mass is 9.95. The van der Waals surface area contributed by atoms with Gasteiger partial charge in [0, 0.05) is 12.6 Å². The van der Waals surface area contributed by atoms with Crippen LogP contribution in [0.4, 0.5) is 5.69 Å². The average molecular weight is 576 g/mol. The molecule has 1 aliphatic rings. The Morgan fingerprint density at radius 2 is 1.51 bits per heavy atom. The van der Waals surface area contributed by atoms with Crippen LogP contribution in [0.25, 0.3) is 0 Å². The molecule has 7 nitrogen and oxygen atoms in total. The van der Waals surface area contributed by atoms with Gasteiger partial charge in [0.1, 0.15) is 12.6 Å². The number of amides is 2. The Labute approximate surface area is 244 Å². The zero-order valence-electron chi connectivity index (χ0n) is 24.3. The number of aryl methyl sites for hydroxylation is 2. The maximum absolute atomic E-state index is 14.1. The summed E-state index contributed by atoms with van der Waals surface area (Å²) >= 11 is 0. The molecule has 4 rings (SSSR count). The topological polar surface area (TPSA) is 86.8 Å². The van der Waals surface area contributed by atoms with Gasteiger partial charge in [-0.2, -0.15) is 0 Å². The summed E-state index contributed by atoms with van der Waals surface area (Å²) in [4.78, 5) is 29.1. The lowest BCUT2D eigenvalue weighted by Crippen LogP contribution is -2.53. The normalized spacial score (nSPS) is 14.7. The molecule has 0 heterocycles. The lowest BCUT2D eigenvalue weighted by molar-refractivity contribution is -0.139. The summed E-state index contributed by atoms with van der Waals surface area (Å²) < 4.78 is 29.0. The van der Waals surface area contributed by atoms with Gasteiger partial charge in [-0.25, -0.2) is 8.42 Å². The fourth-order valence-electron chi connectivity index (χ4n) is 5.27. The van der Waals surface area contributed by atoms with E-state index in [4.69, 9.17) is 0 Å². The van der Waals surface area contributed by atoms with Gasteiger partial charge in [0.15, 0.2) is 0 Å². The smallest absolute Gasteiger partial charge is 0.264 e. The van der Waals surface area contributed by atoms with E-state index in [1.807, 2.05) is 50.2 Å². The van der Waals surface area contributed by atoms with Crippen molar-refractivity contribution in [2.24, 2.45) is 0 Å². The number of anilines is 1. The van der Waals surface area contributed by atoms with E-state index in [9.17, 15) is 18.0 Å². The maximum atomic E-state index is 14.1. The third-order valence-electron chi connectivity index (χ3n) is 7.99. The van der Waals surface area contributed by atoms with Crippen molar-refractivity contribution < 1.29 is 18.0 Å². The van der Waals surface area contributed by atoms with Crippen molar-refractivity contribution >= 4 is 27.5 Å². The first-order valence-corrected chi connectivity index (χ1v) is 15.9. The van der Waals surface area contributed by atoms with Gasteiger partial charge in [0.25, 0.3) is 10.0 Å². The van der Waals surface area contributed by atoms with Crippen LogP contribution in [0, 0.1) is 13.8 Å². The van der Waals surface area contributed by atoms with Crippen molar-refractivity contribution in [3.05, 3.63) is 95.6 Å². The van der Waals surface area contributed by atoms with E-state index in [0.29, 0.717) is 12.1 Å². The molecular weight excluding hydrogens is 534 g/mol. The van der Waals surface area contributed by atoms with Crippen molar-refractivity contribution in [1.29, 1.82) is 0 Å². The standard InChI is InChI=1S/C33H41N3O4S/c1-25-19-20-30(23-26(25)2)36(41(39,40)31-17-11-6-12-18-31)24-32(37)35(22-21-28-13-7-4-8-14-28)27(3)33(38)34-29-15-9-5-10-16-29/h4,6-8,11-14,17-20,23,27,29H,5,9-10,15-16,21-22,24H2,1-3H3,(H,34,38)/t27-/m1/s1. The van der Waals surface area contributed by atoms with Crippen molar-refractivity contribution in [3.8, 4) is 0 Å². The Morgan fingerprint density at radius 3 is 2.15 bits per heavy atom. The van der Waals surface area contributed by atoms with Gasteiger partial charge < -0.3 is 10.2 Å². The van der Waals surface area contributed by atoms with Gasteiger partial charge in [-0.3, -0.25) is 13.9 Å². The Hall–Kier alpha value is -3.65. The summed E-state index contributed by atoms with van der Waals surface area (Å²) in [5.74, 6) is -0.632. The second-order valence-corrected chi connectivity index (χ2v) is 12.8. The molecule has 3 aromatic carbocycles. The molecule has 0 aliphatic heterocycles. The van der Waals surface area contributed by atoms with Gasteiger partial charge in [0.2, 0.25) is 11.8 Å². The SMILES string of the molecule is Cc1ccc(N(CC(=O)N(CCc2ccccc2)[C@H](C)C(=O)NC2CCCCC2)S(=O)(=O)c2ccccc2)cc1C. The Kier molecular flexibility index (Phi) is 10.2. The minimum atomic E-state index is -4.06. The van der Waals surface area contributed by atoms with Gasteiger partial charge >= 0.3 is 0 Å². The monoisotopic (exact) mass is 575 g/mol. The van der Waals surface area contributed by atoms with E-state index in [-0.39, 0.29) is 23.4 Å². The number of hydrogen-bond donors (Lipinski definition) is 1. The van der Waals surface area contributed by atoms with Crippen molar-refractivity contribution in [2.75, 3.05) is 17.4 Å². The van der Waals surface area contributed by atoms with Crippen LogP contribution < -0.4 is 9.62 Å². The second-order valence-electron chi connectivity index (χ2n) is 10.9. The van der Waals surface area contributed by atoms with Gasteiger partial charge in [-0.05, 0) is 81.0 Å². The third kappa shape index (κ3) is 7.76. The summed E-state index contributed by atoms with van der Waals surface area (Å²) in [6, 6.07) is 22.6. The first kappa shape index (κ1) is 30.3. The molecule has 1 aliphatic carbocycles. The Bertz CT molecular complexity index is 1420. The molecule has 0 saturated heterocycles. The molecule has 0 aromatic heterocycles. The molecule has 3 aromatic rings. The number of benzene rings is 3. The minimum absolute atomic E-state index is 0.102. The molecule has 1 saturated carbocycles. The molecule has 0 unspecified atom stereocenters. The summed E-state index contributed by atoms with van der Waals surface area (Å²) in [5, 5.41) is 3.14.